The minimum Gasteiger partial charge on any atom is -0.325 e. The van der Waals surface area contributed by atoms with Crippen molar-refractivity contribution in [2.24, 2.45) is 0 Å². The van der Waals surface area contributed by atoms with Crippen LogP contribution in [0, 0.1) is 12.7 Å². The number of hydrogen-bond donors (Lipinski definition) is 2. The normalized spacial score (nSPS) is 18.1. The van der Waals surface area contributed by atoms with Crippen molar-refractivity contribution in [2.75, 3.05) is 31.5 Å². The standard InChI is InChI=1S/C14H20FN3O/c1-10-9-12(3-4-13(10)15)17-14(19)11(2)18-7-5-16-6-8-18/h3-4,9,11,16H,5-8H2,1-2H3,(H,17,19). The lowest BCUT2D eigenvalue weighted by molar-refractivity contribution is -0.120. The third-order valence-corrected chi connectivity index (χ3v) is 3.50. The van der Waals surface area contributed by atoms with Gasteiger partial charge in [0.2, 0.25) is 5.91 Å². The van der Waals surface area contributed by atoms with Crippen LogP contribution in [0.15, 0.2) is 18.2 Å². The Bertz CT molecular complexity index is 458. The molecule has 1 aromatic carbocycles. The fourth-order valence-corrected chi connectivity index (χ4v) is 2.20. The zero-order valence-corrected chi connectivity index (χ0v) is 11.4. The maximum absolute atomic E-state index is 13.2. The molecular weight excluding hydrogens is 245 g/mol. The van der Waals surface area contributed by atoms with E-state index in [9.17, 15) is 9.18 Å². The van der Waals surface area contributed by atoms with Crippen LogP contribution in [-0.4, -0.2) is 43.0 Å². The summed E-state index contributed by atoms with van der Waals surface area (Å²) in [5.74, 6) is -0.305. The van der Waals surface area contributed by atoms with Gasteiger partial charge in [0.05, 0.1) is 6.04 Å². The van der Waals surface area contributed by atoms with Gasteiger partial charge in [0.1, 0.15) is 5.82 Å². The van der Waals surface area contributed by atoms with Crippen molar-refractivity contribution in [1.29, 1.82) is 0 Å². The number of halogens is 1. The molecule has 0 spiro atoms. The quantitative estimate of drug-likeness (QED) is 0.867. The predicted molar refractivity (Wildman–Crippen MR) is 73.7 cm³/mol. The van der Waals surface area contributed by atoms with E-state index in [1.807, 2.05) is 6.92 Å². The fraction of sp³-hybridized carbons (Fsp3) is 0.500. The third kappa shape index (κ3) is 3.52. The van der Waals surface area contributed by atoms with Crippen molar-refractivity contribution in [3.8, 4) is 0 Å². The highest BCUT2D eigenvalue weighted by atomic mass is 19.1. The molecule has 104 valence electrons. The maximum atomic E-state index is 13.2. The van der Waals surface area contributed by atoms with Crippen LogP contribution >= 0.6 is 0 Å². The molecule has 1 aromatic rings. The Kier molecular flexibility index (Phi) is 4.50. The molecule has 1 atom stereocenters. The number of aryl methyl sites for hydroxylation is 1. The number of nitrogens with one attached hydrogen (secondary N) is 2. The van der Waals surface area contributed by atoms with Crippen LogP contribution in [0.4, 0.5) is 10.1 Å². The van der Waals surface area contributed by atoms with Crippen LogP contribution in [0.3, 0.4) is 0 Å². The summed E-state index contributed by atoms with van der Waals surface area (Å²) < 4.78 is 13.2. The Morgan fingerprint density at radius 2 is 2.11 bits per heavy atom. The largest absolute Gasteiger partial charge is 0.325 e. The van der Waals surface area contributed by atoms with E-state index >= 15 is 0 Å². The van der Waals surface area contributed by atoms with Gasteiger partial charge in [-0.15, -0.1) is 0 Å². The molecule has 1 amide bonds. The number of benzene rings is 1. The van der Waals surface area contributed by atoms with Gasteiger partial charge in [-0.3, -0.25) is 9.69 Å². The van der Waals surface area contributed by atoms with Crippen LogP contribution < -0.4 is 10.6 Å². The van der Waals surface area contributed by atoms with E-state index in [-0.39, 0.29) is 17.8 Å². The predicted octanol–water partition coefficient (Wildman–Crippen LogP) is 1.37. The molecule has 2 N–H and O–H groups in total. The number of rotatable bonds is 3. The van der Waals surface area contributed by atoms with Crippen molar-refractivity contribution in [2.45, 2.75) is 19.9 Å². The number of nitrogens with zero attached hydrogens (tertiary/aromatic N) is 1. The first kappa shape index (κ1) is 14.0. The topological polar surface area (TPSA) is 44.4 Å². The highest BCUT2D eigenvalue weighted by molar-refractivity contribution is 5.94. The molecule has 1 fully saturated rings. The molecule has 1 saturated heterocycles. The Morgan fingerprint density at radius 3 is 2.74 bits per heavy atom. The van der Waals surface area contributed by atoms with E-state index in [1.165, 1.54) is 6.07 Å². The molecule has 0 saturated carbocycles. The smallest absolute Gasteiger partial charge is 0.241 e. The van der Waals surface area contributed by atoms with Crippen LogP contribution in [0.1, 0.15) is 12.5 Å². The lowest BCUT2D eigenvalue weighted by atomic mass is 10.2. The third-order valence-electron chi connectivity index (χ3n) is 3.50. The number of piperazine rings is 1. The SMILES string of the molecule is Cc1cc(NC(=O)C(C)N2CCNCC2)ccc1F. The minimum absolute atomic E-state index is 0.0482. The van der Waals surface area contributed by atoms with Crippen LogP contribution in [0.5, 0.6) is 0 Å². The summed E-state index contributed by atoms with van der Waals surface area (Å²) in [5, 5.41) is 6.10. The number of anilines is 1. The molecule has 0 aliphatic carbocycles. The van der Waals surface area contributed by atoms with Crippen molar-refractivity contribution in [3.63, 3.8) is 0 Å². The zero-order chi connectivity index (χ0) is 13.8. The zero-order valence-electron chi connectivity index (χ0n) is 11.4. The van der Waals surface area contributed by atoms with Gasteiger partial charge in [-0.25, -0.2) is 4.39 Å². The number of amides is 1. The summed E-state index contributed by atoms with van der Waals surface area (Å²) in [5.41, 5.74) is 1.18. The van der Waals surface area contributed by atoms with E-state index in [1.54, 1.807) is 19.1 Å². The molecule has 4 nitrogen and oxygen atoms in total. The number of hydrogen-bond acceptors (Lipinski definition) is 3. The van der Waals surface area contributed by atoms with E-state index in [0.29, 0.717) is 11.3 Å². The molecule has 19 heavy (non-hydrogen) atoms. The van der Waals surface area contributed by atoms with Gasteiger partial charge < -0.3 is 10.6 Å². The van der Waals surface area contributed by atoms with Gasteiger partial charge in [0, 0.05) is 31.9 Å². The lowest BCUT2D eigenvalue weighted by Gasteiger charge is -2.31. The minimum atomic E-state index is -0.256. The van der Waals surface area contributed by atoms with Crippen molar-refractivity contribution in [3.05, 3.63) is 29.6 Å². The van der Waals surface area contributed by atoms with Gasteiger partial charge in [-0.1, -0.05) is 0 Å². The first-order valence-electron chi connectivity index (χ1n) is 6.59. The highest BCUT2D eigenvalue weighted by Gasteiger charge is 2.22. The van der Waals surface area contributed by atoms with Crippen molar-refractivity contribution >= 4 is 11.6 Å². The molecule has 1 aliphatic heterocycles. The first-order valence-corrected chi connectivity index (χ1v) is 6.59. The van der Waals surface area contributed by atoms with Crippen molar-refractivity contribution < 1.29 is 9.18 Å². The molecule has 1 heterocycles. The first-order chi connectivity index (χ1) is 9.08. The molecule has 1 aliphatic rings. The Morgan fingerprint density at radius 1 is 1.42 bits per heavy atom. The van der Waals surface area contributed by atoms with Crippen LogP contribution in [0.2, 0.25) is 0 Å². The second kappa shape index (κ2) is 6.12. The average molecular weight is 265 g/mol. The molecule has 5 heteroatoms. The highest BCUT2D eigenvalue weighted by Crippen LogP contribution is 2.14. The Labute approximate surface area is 113 Å². The summed E-state index contributed by atoms with van der Waals surface area (Å²) in [6.45, 7) is 7.15. The molecule has 1 unspecified atom stereocenters. The van der Waals surface area contributed by atoms with E-state index < -0.39 is 0 Å². The number of carbonyl (C=O) groups excluding carboxylic acids is 1. The molecule has 0 aromatic heterocycles. The fourth-order valence-electron chi connectivity index (χ4n) is 2.20. The van der Waals surface area contributed by atoms with Crippen molar-refractivity contribution in [1.82, 2.24) is 10.2 Å². The van der Waals surface area contributed by atoms with Crippen LogP contribution in [0.25, 0.3) is 0 Å². The summed E-state index contributed by atoms with van der Waals surface area (Å²) in [6.07, 6.45) is 0. The summed E-state index contributed by atoms with van der Waals surface area (Å²) >= 11 is 0. The van der Waals surface area contributed by atoms with Crippen LogP contribution in [-0.2, 0) is 4.79 Å². The van der Waals surface area contributed by atoms with Gasteiger partial charge in [-0.2, -0.15) is 0 Å². The van der Waals surface area contributed by atoms with E-state index in [4.69, 9.17) is 0 Å². The van der Waals surface area contributed by atoms with Gasteiger partial charge in [-0.05, 0) is 37.6 Å². The number of carbonyl (C=O) groups is 1. The second-order valence-electron chi connectivity index (χ2n) is 4.92. The average Bonchev–Trinajstić information content (AvgIpc) is 2.43. The Balaban J connectivity index is 1.97. The molecule has 0 radical (unpaired) electrons. The van der Waals surface area contributed by atoms with E-state index in [2.05, 4.69) is 15.5 Å². The molecule has 2 rings (SSSR count). The maximum Gasteiger partial charge on any atom is 0.241 e. The van der Waals surface area contributed by atoms with E-state index in [0.717, 1.165) is 26.2 Å². The Hall–Kier alpha value is -1.46. The summed E-state index contributed by atoms with van der Waals surface area (Å²) in [7, 11) is 0. The molecule has 0 bridgehead atoms. The van der Waals surface area contributed by atoms with Gasteiger partial charge >= 0.3 is 0 Å². The second-order valence-corrected chi connectivity index (χ2v) is 4.92. The van der Waals surface area contributed by atoms with Gasteiger partial charge in [0.15, 0.2) is 0 Å². The lowest BCUT2D eigenvalue weighted by Crippen LogP contribution is -2.51. The molecular formula is C14H20FN3O. The monoisotopic (exact) mass is 265 g/mol. The van der Waals surface area contributed by atoms with Gasteiger partial charge in [0.25, 0.3) is 0 Å². The summed E-state index contributed by atoms with van der Waals surface area (Å²) in [4.78, 5) is 14.3. The summed E-state index contributed by atoms with van der Waals surface area (Å²) in [6, 6.07) is 4.44.